The van der Waals surface area contributed by atoms with Crippen LogP contribution in [0, 0.1) is 12.7 Å². The number of benzene rings is 2. The number of aliphatic imine (C=N–C) groups is 1. The number of pyridine rings is 1. The van der Waals surface area contributed by atoms with Gasteiger partial charge in [0.15, 0.2) is 5.69 Å². The lowest BCUT2D eigenvalue weighted by molar-refractivity contribution is 0.0689. The normalized spacial score (nSPS) is 16.8. The van der Waals surface area contributed by atoms with E-state index in [1.54, 1.807) is 19.1 Å². The third-order valence-electron chi connectivity index (χ3n) is 7.25. The molecule has 0 saturated carbocycles. The molecule has 1 unspecified atom stereocenters. The predicted octanol–water partition coefficient (Wildman–Crippen LogP) is 5.67. The lowest BCUT2D eigenvalue weighted by atomic mass is 9.91. The molecule has 4 aromatic rings. The molecule has 4 heterocycles. The van der Waals surface area contributed by atoms with E-state index >= 15 is 0 Å². The summed E-state index contributed by atoms with van der Waals surface area (Å²) in [5.74, 6) is -1.08. The highest BCUT2D eigenvalue weighted by Crippen LogP contribution is 2.46. The first kappa shape index (κ1) is 23.4. The number of hydrogen-bond acceptors (Lipinski definition) is 5. The lowest BCUT2D eigenvalue weighted by Gasteiger charge is -2.26. The molecule has 7 nitrogen and oxygen atoms in total. The van der Waals surface area contributed by atoms with Crippen LogP contribution in [-0.2, 0) is 11.3 Å². The van der Waals surface area contributed by atoms with E-state index in [4.69, 9.17) is 9.47 Å². The first-order valence-electron chi connectivity index (χ1n) is 12.3. The highest BCUT2D eigenvalue weighted by Gasteiger charge is 2.31. The Labute approximate surface area is 213 Å². The SMILES string of the molecule is COc1nc(C(=O)O)ccc1-c1c(C2CCCOC2)n(-c2ccc(F)c(C)c2)c2cc3c(cc12)CN=C3. The summed E-state index contributed by atoms with van der Waals surface area (Å²) in [5, 5.41) is 10.5. The zero-order chi connectivity index (χ0) is 25.7. The van der Waals surface area contributed by atoms with Crippen LogP contribution < -0.4 is 4.74 Å². The Kier molecular flexibility index (Phi) is 5.76. The number of rotatable bonds is 5. The molecular formula is C29H26FN3O4. The highest BCUT2D eigenvalue weighted by molar-refractivity contribution is 6.04. The molecule has 0 spiro atoms. The molecule has 2 aliphatic heterocycles. The van der Waals surface area contributed by atoms with Crippen molar-refractivity contribution < 1.29 is 23.8 Å². The zero-order valence-electron chi connectivity index (χ0n) is 20.6. The third kappa shape index (κ3) is 3.88. The summed E-state index contributed by atoms with van der Waals surface area (Å²) in [6, 6.07) is 12.7. The number of nitrogens with zero attached hydrogens (tertiary/aromatic N) is 3. The molecule has 0 aliphatic carbocycles. The summed E-state index contributed by atoms with van der Waals surface area (Å²) in [6.45, 7) is 3.62. The van der Waals surface area contributed by atoms with Gasteiger partial charge in [-0.2, -0.15) is 0 Å². The predicted molar refractivity (Wildman–Crippen MR) is 139 cm³/mol. The summed E-state index contributed by atoms with van der Waals surface area (Å²) < 4.78 is 28.1. The standard InChI is InChI=1S/C29H26FN3O4/c1-16-10-20(5-7-23(16)30)33-25-12-19-14-31-13-18(19)11-22(25)26(27(33)17-4-3-9-37-15-17)21-6-8-24(29(34)35)32-28(21)36-2/h5-8,10-12,14,17H,3-4,9,13,15H2,1-2H3,(H,34,35). The number of hydrogen-bond donors (Lipinski definition) is 1. The number of ether oxygens (including phenoxy) is 2. The molecule has 8 heteroatoms. The van der Waals surface area contributed by atoms with E-state index in [0.29, 0.717) is 30.9 Å². The Morgan fingerprint density at radius 1 is 1.22 bits per heavy atom. The van der Waals surface area contributed by atoms with Crippen molar-refractivity contribution in [3.63, 3.8) is 0 Å². The van der Waals surface area contributed by atoms with Crippen molar-refractivity contribution in [2.45, 2.75) is 32.2 Å². The summed E-state index contributed by atoms with van der Waals surface area (Å²) >= 11 is 0. The fourth-order valence-electron chi connectivity index (χ4n) is 5.49. The lowest BCUT2D eigenvalue weighted by Crippen LogP contribution is -2.19. The van der Waals surface area contributed by atoms with Gasteiger partial charge in [-0.3, -0.25) is 4.99 Å². The maximum absolute atomic E-state index is 14.3. The van der Waals surface area contributed by atoms with Crippen LogP contribution in [0.1, 0.15) is 51.6 Å². The minimum atomic E-state index is -1.12. The summed E-state index contributed by atoms with van der Waals surface area (Å²) in [7, 11) is 1.49. The van der Waals surface area contributed by atoms with Gasteiger partial charge in [0.2, 0.25) is 5.88 Å². The van der Waals surface area contributed by atoms with E-state index in [1.807, 2.05) is 12.3 Å². The van der Waals surface area contributed by atoms with Crippen LogP contribution in [0.2, 0.25) is 0 Å². The number of carboxylic acid groups (broad SMARTS) is 1. The van der Waals surface area contributed by atoms with Gasteiger partial charge >= 0.3 is 5.97 Å². The number of carbonyl (C=O) groups is 1. The summed E-state index contributed by atoms with van der Waals surface area (Å²) in [4.78, 5) is 20.4. The molecule has 1 fully saturated rings. The van der Waals surface area contributed by atoms with Crippen molar-refractivity contribution >= 4 is 23.1 Å². The highest BCUT2D eigenvalue weighted by atomic mass is 19.1. The number of aryl methyl sites for hydroxylation is 1. The van der Waals surface area contributed by atoms with Crippen LogP contribution in [0.25, 0.3) is 27.7 Å². The minimum absolute atomic E-state index is 0.0638. The van der Waals surface area contributed by atoms with Gasteiger partial charge in [0, 0.05) is 46.6 Å². The van der Waals surface area contributed by atoms with Gasteiger partial charge in [-0.05, 0) is 78.9 Å². The molecule has 1 N–H and O–H groups in total. The van der Waals surface area contributed by atoms with Crippen LogP contribution >= 0.6 is 0 Å². The second kappa shape index (κ2) is 9.12. The Balaban J connectivity index is 1.74. The number of carboxylic acids is 1. The number of methoxy groups -OCH3 is 1. The Morgan fingerprint density at radius 3 is 2.81 bits per heavy atom. The smallest absolute Gasteiger partial charge is 0.354 e. The molecule has 0 bridgehead atoms. The van der Waals surface area contributed by atoms with E-state index in [1.165, 1.54) is 19.2 Å². The molecule has 188 valence electrons. The average molecular weight is 500 g/mol. The summed E-state index contributed by atoms with van der Waals surface area (Å²) in [5.41, 5.74) is 7.08. The quantitative estimate of drug-likeness (QED) is 0.382. The largest absolute Gasteiger partial charge is 0.481 e. The van der Waals surface area contributed by atoms with Gasteiger partial charge < -0.3 is 19.1 Å². The van der Waals surface area contributed by atoms with Crippen LogP contribution in [-0.4, -0.2) is 47.2 Å². The van der Waals surface area contributed by atoms with Gasteiger partial charge in [0.05, 0.1) is 25.8 Å². The summed E-state index contributed by atoms with van der Waals surface area (Å²) in [6.07, 6.45) is 3.73. The van der Waals surface area contributed by atoms with Crippen molar-refractivity contribution in [2.24, 2.45) is 4.99 Å². The minimum Gasteiger partial charge on any atom is -0.481 e. The van der Waals surface area contributed by atoms with E-state index < -0.39 is 5.97 Å². The second-order valence-electron chi connectivity index (χ2n) is 9.54. The van der Waals surface area contributed by atoms with Crippen LogP contribution in [0.15, 0.2) is 47.5 Å². The Morgan fingerprint density at radius 2 is 2.08 bits per heavy atom. The molecule has 6 rings (SSSR count). The monoisotopic (exact) mass is 499 g/mol. The van der Waals surface area contributed by atoms with Crippen LogP contribution in [0.5, 0.6) is 5.88 Å². The molecule has 1 saturated heterocycles. The molecule has 0 amide bonds. The first-order chi connectivity index (χ1) is 18.0. The van der Waals surface area contributed by atoms with Gasteiger partial charge in [-0.15, -0.1) is 0 Å². The maximum Gasteiger partial charge on any atom is 0.354 e. The van der Waals surface area contributed by atoms with Crippen molar-refractivity contribution in [3.8, 4) is 22.7 Å². The Hall–Kier alpha value is -4.04. The third-order valence-corrected chi connectivity index (χ3v) is 7.25. The van der Waals surface area contributed by atoms with Crippen molar-refractivity contribution in [2.75, 3.05) is 20.3 Å². The average Bonchev–Trinajstić information content (AvgIpc) is 3.50. The number of aromatic nitrogens is 2. The molecule has 0 radical (unpaired) electrons. The molecular weight excluding hydrogens is 473 g/mol. The number of fused-ring (bicyclic) bond motifs is 2. The molecule has 37 heavy (non-hydrogen) atoms. The molecule has 2 aromatic carbocycles. The fourth-order valence-corrected chi connectivity index (χ4v) is 5.49. The van der Waals surface area contributed by atoms with Crippen molar-refractivity contribution in [1.82, 2.24) is 9.55 Å². The van der Waals surface area contributed by atoms with E-state index in [0.717, 1.165) is 51.8 Å². The van der Waals surface area contributed by atoms with Gasteiger partial charge in [0.1, 0.15) is 5.82 Å². The fraction of sp³-hybridized carbons (Fsp3) is 0.276. The molecule has 2 aliphatic rings. The van der Waals surface area contributed by atoms with Crippen molar-refractivity contribution in [3.05, 3.63) is 76.4 Å². The van der Waals surface area contributed by atoms with E-state index in [9.17, 15) is 14.3 Å². The van der Waals surface area contributed by atoms with Gasteiger partial charge in [-0.1, -0.05) is 0 Å². The zero-order valence-corrected chi connectivity index (χ0v) is 20.6. The second-order valence-corrected chi connectivity index (χ2v) is 9.54. The van der Waals surface area contributed by atoms with Crippen LogP contribution in [0.4, 0.5) is 4.39 Å². The first-order valence-corrected chi connectivity index (χ1v) is 12.3. The number of halogens is 1. The maximum atomic E-state index is 14.3. The van der Waals surface area contributed by atoms with E-state index in [-0.39, 0.29) is 23.3 Å². The van der Waals surface area contributed by atoms with Crippen LogP contribution in [0.3, 0.4) is 0 Å². The Bertz CT molecular complexity index is 1580. The number of aromatic carboxylic acids is 1. The van der Waals surface area contributed by atoms with E-state index in [2.05, 4.69) is 26.7 Å². The van der Waals surface area contributed by atoms with Gasteiger partial charge in [-0.25, -0.2) is 14.2 Å². The molecule has 1 atom stereocenters. The topological polar surface area (TPSA) is 85.9 Å². The molecule has 2 aromatic heterocycles. The van der Waals surface area contributed by atoms with Crippen molar-refractivity contribution in [1.29, 1.82) is 0 Å². The van der Waals surface area contributed by atoms with Gasteiger partial charge in [0.25, 0.3) is 0 Å².